The Labute approximate surface area is 176 Å². The normalized spacial score (nSPS) is 13.3. The maximum atomic E-state index is 12.6. The van der Waals surface area contributed by atoms with E-state index in [0.717, 1.165) is 45.6 Å². The largest absolute Gasteiger partial charge is 0.497 e. The second-order valence-corrected chi connectivity index (χ2v) is 7.33. The van der Waals surface area contributed by atoms with E-state index in [2.05, 4.69) is 12.1 Å². The first-order chi connectivity index (χ1) is 14.6. The van der Waals surface area contributed by atoms with Gasteiger partial charge in [0, 0.05) is 26.1 Å². The summed E-state index contributed by atoms with van der Waals surface area (Å²) >= 11 is 0. The van der Waals surface area contributed by atoms with E-state index in [1.807, 2.05) is 42.5 Å². The summed E-state index contributed by atoms with van der Waals surface area (Å²) in [5.74, 6) is 2.25. The number of amides is 1. The summed E-state index contributed by atoms with van der Waals surface area (Å²) in [5, 5.41) is 2.23. The van der Waals surface area contributed by atoms with Crippen LogP contribution in [0.2, 0.25) is 0 Å². The molecule has 0 aromatic heterocycles. The molecule has 154 valence electrons. The first-order valence-corrected chi connectivity index (χ1v) is 10.0. The van der Waals surface area contributed by atoms with Crippen LogP contribution in [0.5, 0.6) is 17.2 Å². The van der Waals surface area contributed by atoms with Gasteiger partial charge in [0.25, 0.3) is 0 Å². The maximum Gasteiger partial charge on any atom is 0.246 e. The molecule has 5 nitrogen and oxygen atoms in total. The van der Waals surface area contributed by atoms with Crippen LogP contribution in [0.3, 0.4) is 0 Å². The van der Waals surface area contributed by atoms with Gasteiger partial charge in [0.1, 0.15) is 5.75 Å². The van der Waals surface area contributed by atoms with Gasteiger partial charge in [-0.05, 0) is 58.3 Å². The minimum Gasteiger partial charge on any atom is -0.497 e. The molecule has 0 atom stereocenters. The van der Waals surface area contributed by atoms with Crippen molar-refractivity contribution in [2.75, 3.05) is 27.4 Å². The van der Waals surface area contributed by atoms with Gasteiger partial charge in [0.15, 0.2) is 11.5 Å². The van der Waals surface area contributed by atoms with Crippen LogP contribution < -0.4 is 14.2 Å². The molecule has 0 radical (unpaired) electrons. The number of likely N-dealkylation sites (N-methyl/N-ethyl adjacent to an activating group) is 1. The first kappa shape index (κ1) is 19.8. The van der Waals surface area contributed by atoms with E-state index in [1.165, 1.54) is 0 Å². The lowest BCUT2D eigenvalue weighted by Gasteiger charge is -2.16. The predicted octanol–water partition coefficient (Wildman–Crippen LogP) is 4.68. The Balaban J connectivity index is 1.42. The molecule has 1 aliphatic rings. The molecular weight excluding hydrogens is 378 g/mol. The number of nitrogens with zero attached hydrogens (tertiary/aromatic N) is 1. The topological polar surface area (TPSA) is 48.0 Å². The van der Waals surface area contributed by atoms with Gasteiger partial charge in [-0.2, -0.15) is 0 Å². The number of ether oxygens (including phenoxy) is 3. The molecule has 1 heterocycles. The lowest BCUT2D eigenvalue weighted by Crippen LogP contribution is -2.24. The van der Waals surface area contributed by atoms with Crippen molar-refractivity contribution in [1.82, 2.24) is 4.90 Å². The fourth-order valence-corrected chi connectivity index (χ4v) is 3.43. The molecule has 0 N–H and O–H groups in total. The van der Waals surface area contributed by atoms with Gasteiger partial charge >= 0.3 is 0 Å². The first-order valence-electron chi connectivity index (χ1n) is 10.0. The Morgan fingerprint density at radius 3 is 2.60 bits per heavy atom. The van der Waals surface area contributed by atoms with E-state index >= 15 is 0 Å². The third kappa shape index (κ3) is 4.57. The predicted molar refractivity (Wildman–Crippen MR) is 118 cm³/mol. The molecule has 4 rings (SSSR count). The minimum atomic E-state index is -0.0584. The third-order valence-corrected chi connectivity index (χ3v) is 5.10. The highest BCUT2D eigenvalue weighted by Crippen LogP contribution is 2.30. The van der Waals surface area contributed by atoms with Gasteiger partial charge < -0.3 is 19.1 Å². The van der Waals surface area contributed by atoms with Crippen molar-refractivity contribution in [2.24, 2.45) is 0 Å². The summed E-state index contributed by atoms with van der Waals surface area (Å²) in [6, 6.07) is 17.9. The van der Waals surface area contributed by atoms with E-state index in [-0.39, 0.29) is 5.91 Å². The van der Waals surface area contributed by atoms with E-state index in [9.17, 15) is 4.79 Å². The van der Waals surface area contributed by atoms with Crippen LogP contribution in [0, 0.1) is 0 Å². The van der Waals surface area contributed by atoms with Crippen molar-refractivity contribution in [3.8, 4) is 17.2 Å². The maximum absolute atomic E-state index is 12.6. The second-order valence-electron chi connectivity index (χ2n) is 7.33. The van der Waals surface area contributed by atoms with Crippen LogP contribution >= 0.6 is 0 Å². The molecule has 1 amide bonds. The second kappa shape index (κ2) is 8.91. The zero-order valence-electron chi connectivity index (χ0n) is 17.3. The Morgan fingerprint density at radius 2 is 1.77 bits per heavy atom. The molecule has 0 bridgehead atoms. The Bertz CT molecular complexity index is 1090. The van der Waals surface area contributed by atoms with Crippen LogP contribution in [0.1, 0.15) is 17.5 Å². The van der Waals surface area contributed by atoms with Gasteiger partial charge in [-0.1, -0.05) is 24.3 Å². The Kier molecular flexibility index (Phi) is 5.89. The Hall–Kier alpha value is -3.47. The molecular formula is C25H25NO4. The highest BCUT2D eigenvalue weighted by molar-refractivity contribution is 5.92. The van der Waals surface area contributed by atoms with Crippen molar-refractivity contribution in [3.63, 3.8) is 0 Å². The van der Waals surface area contributed by atoms with E-state index in [1.54, 1.807) is 31.2 Å². The average molecular weight is 403 g/mol. The molecule has 30 heavy (non-hydrogen) atoms. The number of fused-ring (bicyclic) bond motifs is 2. The van der Waals surface area contributed by atoms with Gasteiger partial charge in [-0.3, -0.25) is 4.79 Å². The zero-order chi connectivity index (χ0) is 20.9. The molecule has 0 spiro atoms. The molecule has 5 heteroatoms. The highest BCUT2D eigenvalue weighted by Gasteiger charge is 2.11. The highest BCUT2D eigenvalue weighted by atomic mass is 16.5. The number of hydrogen-bond donors (Lipinski definition) is 0. The van der Waals surface area contributed by atoms with Crippen molar-refractivity contribution in [2.45, 2.75) is 13.0 Å². The smallest absolute Gasteiger partial charge is 0.246 e. The molecule has 0 fully saturated rings. The van der Waals surface area contributed by atoms with Crippen molar-refractivity contribution < 1.29 is 19.0 Å². The van der Waals surface area contributed by atoms with E-state index < -0.39 is 0 Å². The number of carbonyl (C=O) groups excluding carboxylic acids is 1. The van der Waals surface area contributed by atoms with Crippen LogP contribution in [0.4, 0.5) is 0 Å². The number of methoxy groups -OCH3 is 1. The van der Waals surface area contributed by atoms with Crippen LogP contribution in [0.25, 0.3) is 16.8 Å². The number of rotatable bonds is 5. The standard InChI is InChI=1S/C25H25NO4/c1-26(17-19-4-7-21-16-22(28-2)9-8-20(21)14-19)25(27)11-6-18-5-10-23-24(15-18)30-13-3-12-29-23/h4-11,14-16H,3,12-13,17H2,1-2H3. The summed E-state index contributed by atoms with van der Waals surface area (Å²) in [6.07, 6.45) is 4.26. The minimum absolute atomic E-state index is 0.0584. The van der Waals surface area contributed by atoms with Gasteiger partial charge in [-0.15, -0.1) is 0 Å². The summed E-state index contributed by atoms with van der Waals surface area (Å²) in [4.78, 5) is 14.3. The van der Waals surface area contributed by atoms with Crippen molar-refractivity contribution in [1.29, 1.82) is 0 Å². The molecule has 3 aromatic carbocycles. The molecule has 0 saturated heterocycles. The zero-order valence-corrected chi connectivity index (χ0v) is 17.3. The molecule has 3 aromatic rings. The monoisotopic (exact) mass is 403 g/mol. The summed E-state index contributed by atoms with van der Waals surface area (Å²) in [6.45, 7) is 1.83. The lowest BCUT2D eigenvalue weighted by atomic mass is 10.1. The van der Waals surface area contributed by atoms with Crippen LogP contribution in [0.15, 0.2) is 60.7 Å². The number of carbonyl (C=O) groups is 1. The van der Waals surface area contributed by atoms with Crippen molar-refractivity contribution >= 4 is 22.8 Å². The SMILES string of the molecule is COc1ccc2cc(CN(C)C(=O)C=Cc3ccc4c(c3)OCCCO4)ccc2c1. The summed E-state index contributed by atoms with van der Waals surface area (Å²) in [5.41, 5.74) is 1.98. The molecule has 0 saturated carbocycles. The lowest BCUT2D eigenvalue weighted by molar-refractivity contribution is -0.125. The number of hydrogen-bond acceptors (Lipinski definition) is 4. The van der Waals surface area contributed by atoms with Crippen LogP contribution in [-0.2, 0) is 11.3 Å². The molecule has 1 aliphatic heterocycles. The Morgan fingerprint density at radius 1 is 1.00 bits per heavy atom. The molecule has 0 unspecified atom stereocenters. The summed E-state index contributed by atoms with van der Waals surface area (Å²) < 4.78 is 16.6. The van der Waals surface area contributed by atoms with Gasteiger partial charge in [-0.25, -0.2) is 0 Å². The fraction of sp³-hybridized carbons (Fsp3) is 0.240. The quantitative estimate of drug-likeness (QED) is 0.581. The average Bonchev–Trinajstić information content (AvgIpc) is 3.02. The van der Waals surface area contributed by atoms with E-state index in [4.69, 9.17) is 14.2 Å². The van der Waals surface area contributed by atoms with Gasteiger partial charge in [0.2, 0.25) is 5.91 Å². The van der Waals surface area contributed by atoms with Crippen molar-refractivity contribution in [3.05, 3.63) is 71.8 Å². The third-order valence-electron chi connectivity index (χ3n) is 5.10. The molecule has 0 aliphatic carbocycles. The summed E-state index contributed by atoms with van der Waals surface area (Å²) in [7, 11) is 3.47. The van der Waals surface area contributed by atoms with Crippen LogP contribution in [-0.4, -0.2) is 38.2 Å². The van der Waals surface area contributed by atoms with Gasteiger partial charge in [0.05, 0.1) is 20.3 Å². The number of benzene rings is 3. The van der Waals surface area contributed by atoms with E-state index in [0.29, 0.717) is 19.8 Å². The fourth-order valence-electron chi connectivity index (χ4n) is 3.43.